The van der Waals surface area contributed by atoms with Crippen LogP contribution in [0.25, 0.3) is 0 Å². The van der Waals surface area contributed by atoms with Gasteiger partial charge in [0.05, 0.1) is 19.8 Å². The summed E-state index contributed by atoms with van der Waals surface area (Å²) in [6.07, 6.45) is 1.02. The van der Waals surface area contributed by atoms with E-state index in [1.54, 1.807) is 19.2 Å². The zero-order valence-electron chi connectivity index (χ0n) is 29.3. The lowest BCUT2D eigenvalue weighted by Crippen LogP contribution is -2.31. The number of ether oxygens (including phenoxy) is 1. The maximum Gasteiger partial charge on any atom is 0.414 e. The van der Waals surface area contributed by atoms with E-state index in [1.807, 2.05) is 51.1 Å². The van der Waals surface area contributed by atoms with Crippen molar-refractivity contribution in [3.8, 4) is 5.75 Å². The van der Waals surface area contributed by atoms with Crippen molar-refractivity contribution in [2.75, 3.05) is 27.2 Å². The number of nitrogens with zero attached hydrogens (tertiary/aromatic N) is 1. The Labute approximate surface area is 288 Å². The Balaban J connectivity index is 0.0000115. The molecule has 0 heterocycles. The van der Waals surface area contributed by atoms with Crippen molar-refractivity contribution in [2.24, 2.45) is 17.8 Å². The van der Waals surface area contributed by atoms with Crippen molar-refractivity contribution >= 4 is 39.1 Å². The smallest absolute Gasteiger partial charge is 0.409 e. The van der Waals surface area contributed by atoms with Gasteiger partial charge in [-0.15, -0.1) is 0 Å². The fourth-order valence-electron chi connectivity index (χ4n) is 5.71. The second-order valence-electron chi connectivity index (χ2n) is 12.8. The summed E-state index contributed by atoms with van der Waals surface area (Å²) < 4.78 is 5.47. The van der Waals surface area contributed by atoms with Crippen LogP contribution in [0.5, 0.6) is 5.75 Å². The van der Waals surface area contributed by atoms with E-state index in [1.165, 1.54) is 11.9 Å². The van der Waals surface area contributed by atoms with Gasteiger partial charge in [-0.05, 0) is 44.7 Å². The van der Waals surface area contributed by atoms with Crippen LogP contribution in [-0.2, 0) is 38.8 Å². The molecule has 0 bridgehead atoms. The van der Waals surface area contributed by atoms with E-state index in [0.717, 1.165) is 11.1 Å². The number of rotatable bonds is 22. The summed E-state index contributed by atoms with van der Waals surface area (Å²) in [7, 11) is 3.22. The van der Waals surface area contributed by atoms with Gasteiger partial charge in [0.25, 0.3) is 0 Å². The first-order valence-electron chi connectivity index (χ1n) is 16.4. The number of likely N-dealkylation sites (N-methyl/N-ethyl adjacent to an activating group) is 1. The van der Waals surface area contributed by atoms with Gasteiger partial charge in [0.2, 0.25) is 0 Å². The molecule has 0 aliphatic carbocycles. The molecule has 10 nitrogen and oxygen atoms in total. The highest BCUT2D eigenvalue weighted by atomic mass is 31.0. The summed E-state index contributed by atoms with van der Waals surface area (Å²) >= 11 is 0. The van der Waals surface area contributed by atoms with Gasteiger partial charge in [0.1, 0.15) is 28.9 Å². The highest BCUT2D eigenvalue weighted by Gasteiger charge is 2.29. The van der Waals surface area contributed by atoms with Crippen LogP contribution in [-0.4, -0.2) is 71.5 Å². The molecular weight excluding hydrogens is 631 g/mol. The van der Waals surface area contributed by atoms with Gasteiger partial charge < -0.3 is 25.2 Å². The SMILES string of the molecule is CNCC(=O)CC(Cc1ccccc1)C(=O)CC(CC(C)C)C(=O)CCC(=O)CCCN(C)C(=O)Oc1c(CO)cc(C)cc1CO.P. The first kappa shape index (κ1) is 42.7. The van der Waals surface area contributed by atoms with Gasteiger partial charge in [0.15, 0.2) is 0 Å². The fraction of sp³-hybridized carbons (Fsp3) is 0.541. The third kappa shape index (κ3) is 14.9. The Morgan fingerprint density at radius 3 is 2.04 bits per heavy atom. The highest BCUT2D eigenvalue weighted by molar-refractivity contribution is 6.92. The van der Waals surface area contributed by atoms with E-state index < -0.39 is 17.9 Å². The molecule has 266 valence electrons. The largest absolute Gasteiger partial charge is 0.414 e. The minimum Gasteiger partial charge on any atom is -0.409 e. The summed E-state index contributed by atoms with van der Waals surface area (Å²) in [5.41, 5.74) is 2.55. The molecule has 3 unspecified atom stereocenters. The lowest BCUT2D eigenvalue weighted by atomic mass is 9.81. The quantitative estimate of drug-likeness (QED) is 0.148. The molecule has 0 saturated heterocycles. The van der Waals surface area contributed by atoms with Crippen molar-refractivity contribution < 1.29 is 38.9 Å². The van der Waals surface area contributed by atoms with Crippen LogP contribution in [0.3, 0.4) is 0 Å². The van der Waals surface area contributed by atoms with Gasteiger partial charge in [-0.1, -0.05) is 61.9 Å². The highest BCUT2D eigenvalue weighted by Crippen LogP contribution is 2.27. The molecule has 11 heteroatoms. The predicted molar refractivity (Wildman–Crippen MR) is 191 cm³/mol. The number of aryl methyl sites for hydroxylation is 1. The van der Waals surface area contributed by atoms with Crippen LogP contribution in [0, 0.1) is 24.7 Å². The molecule has 0 aliphatic heterocycles. The molecular formula is C37H55N2O8P. The van der Waals surface area contributed by atoms with Crippen LogP contribution >= 0.6 is 9.90 Å². The second-order valence-corrected chi connectivity index (χ2v) is 12.8. The first-order valence-corrected chi connectivity index (χ1v) is 16.4. The lowest BCUT2D eigenvalue weighted by Gasteiger charge is -2.21. The number of amides is 1. The monoisotopic (exact) mass is 686 g/mol. The average molecular weight is 687 g/mol. The molecule has 3 atom stereocenters. The molecule has 1 amide bonds. The lowest BCUT2D eigenvalue weighted by molar-refractivity contribution is -0.132. The Morgan fingerprint density at radius 2 is 1.48 bits per heavy atom. The van der Waals surface area contributed by atoms with Crippen molar-refractivity contribution in [1.29, 1.82) is 0 Å². The van der Waals surface area contributed by atoms with E-state index in [2.05, 4.69) is 5.32 Å². The zero-order chi connectivity index (χ0) is 34.9. The molecule has 48 heavy (non-hydrogen) atoms. The van der Waals surface area contributed by atoms with Gasteiger partial charge in [0, 0.05) is 68.7 Å². The fourth-order valence-corrected chi connectivity index (χ4v) is 5.71. The van der Waals surface area contributed by atoms with Crippen molar-refractivity contribution in [2.45, 2.75) is 85.4 Å². The molecule has 0 radical (unpaired) electrons. The molecule has 0 saturated carbocycles. The molecule has 0 aliphatic rings. The van der Waals surface area contributed by atoms with Crippen LogP contribution in [0.15, 0.2) is 42.5 Å². The van der Waals surface area contributed by atoms with Crippen molar-refractivity contribution in [3.05, 3.63) is 64.7 Å². The number of aliphatic hydroxyl groups is 2. The second kappa shape index (κ2) is 22.4. The Hall–Kier alpha value is -3.30. The van der Waals surface area contributed by atoms with Crippen LogP contribution < -0.4 is 10.1 Å². The number of hydrogen-bond acceptors (Lipinski definition) is 9. The number of carbonyl (C=O) groups is 5. The predicted octanol–water partition coefficient (Wildman–Crippen LogP) is 4.83. The number of hydrogen-bond donors (Lipinski definition) is 3. The van der Waals surface area contributed by atoms with Crippen LogP contribution in [0.1, 0.15) is 81.0 Å². The number of benzene rings is 2. The maximum atomic E-state index is 13.5. The summed E-state index contributed by atoms with van der Waals surface area (Å²) in [6, 6.07) is 12.9. The average Bonchev–Trinajstić information content (AvgIpc) is 3.03. The van der Waals surface area contributed by atoms with E-state index in [9.17, 15) is 34.2 Å². The standard InChI is InChI=1S/C37H52N2O8.H3P/c1-25(2)16-28(21-35(45)29(20-33(43)22-38-4)19-27-10-7-6-8-11-27)34(44)14-13-32(42)12-9-15-39(5)37(46)47-36-30(23-40)17-26(3)18-31(36)24-41;/h6-8,10-11,17-18,25,28-29,38,40-41H,9,12-16,19-24H2,1-5H3;1H3. The van der Waals surface area contributed by atoms with Gasteiger partial charge in [-0.3, -0.25) is 19.2 Å². The van der Waals surface area contributed by atoms with Gasteiger partial charge in [-0.25, -0.2) is 4.79 Å². The molecule has 2 aromatic carbocycles. The minimum absolute atomic E-state index is 0. The number of ketones is 4. The van der Waals surface area contributed by atoms with Crippen molar-refractivity contribution in [1.82, 2.24) is 10.2 Å². The summed E-state index contributed by atoms with van der Waals surface area (Å²) in [6.45, 7) is 5.48. The van der Waals surface area contributed by atoms with E-state index in [4.69, 9.17) is 4.74 Å². The van der Waals surface area contributed by atoms with Gasteiger partial charge in [-0.2, -0.15) is 9.90 Å². The molecule has 3 N–H and O–H groups in total. The number of aliphatic hydroxyl groups excluding tert-OH is 2. The normalized spacial score (nSPS) is 12.2. The first-order chi connectivity index (χ1) is 22.4. The summed E-state index contributed by atoms with van der Waals surface area (Å²) in [4.78, 5) is 66.0. The Bertz CT molecular complexity index is 1320. The number of Topliss-reactive ketones (excluding diaryl/α,β-unsaturated/α-hetero) is 4. The molecule has 0 spiro atoms. The van der Waals surface area contributed by atoms with Crippen molar-refractivity contribution in [3.63, 3.8) is 0 Å². The topological polar surface area (TPSA) is 150 Å². The molecule has 0 aromatic heterocycles. The van der Waals surface area contributed by atoms with Crippen LogP contribution in [0.4, 0.5) is 4.79 Å². The third-order valence-corrected chi connectivity index (χ3v) is 8.12. The number of nitrogens with one attached hydrogen (secondary N) is 1. The zero-order valence-corrected chi connectivity index (χ0v) is 30.7. The Kier molecular flexibility index (Phi) is 19.9. The van der Waals surface area contributed by atoms with E-state index >= 15 is 0 Å². The third-order valence-electron chi connectivity index (χ3n) is 8.12. The summed E-state index contributed by atoms with van der Waals surface area (Å²) in [5.74, 6) is -1.16. The molecule has 2 rings (SSSR count). The summed E-state index contributed by atoms with van der Waals surface area (Å²) in [5, 5.41) is 22.2. The maximum absolute atomic E-state index is 13.5. The van der Waals surface area contributed by atoms with E-state index in [-0.39, 0.29) is 103 Å². The van der Waals surface area contributed by atoms with E-state index in [0.29, 0.717) is 30.4 Å². The van der Waals surface area contributed by atoms with Crippen LogP contribution in [0.2, 0.25) is 0 Å². The number of carbonyl (C=O) groups excluding carboxylic acids is 5. The molecule has 2 aromatic rings. The minimum atomic E-state index is -0.680. The molecule has 0 fully saturated rings. The Morgan fingerprint density at radius 1 is 0.854 bits per heavy atom. The van der Waals surface area contributed by atoms with Gasteiger partial charge >= 0.3 is 6.09 Å².